The number of Topliss-reactive ketones (excluding diaryl/α,β-unsaturated/α-hetero) is 1. The van der Waals surface area contributed by atoms with E-state index in [1.165, 1.54) is 12.0 Å². The topological polar surface area (TPSA) is 85.3 Å². The van der Waals surface area contributed by atoms with E-state index in [2.05, 4.69) is 13.8 Å². The predicted molar refractivity (Wildman–Crippen MR) is 151 cm³/mol. The number of hydrogen-bond donors (Lipinski definition) is 1. The highest BCUT2D eigenvalue weighted by Gasteiger charge is 2.48. The number of aryl methyl sites for hydroxylation is 1. The van der Waals surface area contributed by atoms with Crippen molar-refractivity contribution in [2.45, 2.75) is 46.8 Å². The zero-order valence-corrected chi connectivity index (χ0v) is 23.2. The van der Waals surface area contributed by atoms with E-state index < -0.39 is 17.7 Å². The van der Waals surface area contributed by atoms with Crippen LogP contribution in [0, 0.1) is 12.8 Å². The fraction of sp³-hybridized carbons (Fsp3) is 0.312. The molecule has 3 aromatic carbocycles. The Morgan fingerprint density at radius 1 is 0.949 bits per heavy atom. The van der Waals surface area contributed by atoms with Crippen molar-refractivity contribution < 1.29 is 28.9 Å². The van der Waals surface area contributed by atoms with E-state index in [1.807, 2.05) is 32.9 Å². The van der Waals surface area contributed by atoms with Crippen LogP contribution in [0.5, 0.6) is 17.2 Å². The molecule has 204 valence electrons. The number of carbonyl (C=O) groups excluding carboxylic acids is 2. The van der Waals surface area contributed by atoms with Crippen LogP contribution in [0.4, 0.5) is 5.69 Å². The Morgan fingerprint density at radius 3 is 2.26 bits per heavy atom. The number of carbonyl (C=O) groups is 2. The molecule has 0 aliphatic carbocycles. The van der Waals surface area contributed by atoms with Gasteiger partial charge in [0, 0.05) is 16.8 Å². The van der Waals surface area contributed by atoms with E-state index in [4.69, 9.17) is 14.2 Å². The maximum absolute atomic E-state index is 13.5. The molecule has 0 radical (unpaired) electrons. The van der Waals surface area contributed by atoms with Crippen molar-refractivity contribution in [3.8, 4) is 17.2 Å². The predicted octanol–water partition coefficient (Wildman–Crippen LogP) is 6.45. The third-order valence-electron chi connectivity index (χ3n) is 6.39. The van der Waals surface area contributed by atoms with E-state index >= 15 is 0 Å². The first-order chi connectivity index (χ1) is 18.6. The molecule has 0 aromatic heterocycles. The summed E-state index contributed by atoms with van der Waals surface area (Å²) in [5.41, 5.74) is 2.29. The fourth-order valence-electron chi connectivity index (χ4n) is 4.61. The minimum Gasteiger partial charge on any atom is -0.507 e. The molecular formula is C32H35NO6. The summed E-state index contributed by atoms with van der Waals surface area (Å²) in [7, 11) is 1.53. The van der Waals surface area contributed by atoms with Crippen molar-refractivity contribution >= 4 is 23.1 Å². The minimum atomic E-state index is -0.907. The van der Waals surface area contributed by atoms with E-state index in [9.17, 15) is 14.7 Å². The first-order valence-electron chi connectivity index (χ1n) is 13.1. The maximum Gasteiger partial charge on any atom is 0.300 e. The summed E-state index contributed by atoms with van der Waals surface area (Å²) in [5.74, 6) is 0.432. The van der Waals surface area contributed by atoms with E-state index in [1.54, 1.807) is 54.6 Å². The van der Waals surface area contributed by atoms with Crippen LogP contribution in [-0.4, -0.2) is 36.6 Å². The second-order valence-corrected chi connectivity index (χ2v) is 10.3. The molecule has 39 heavy (non-hydrogen) atoms. The lowest BCUT2D eigenvalue weighted by atomic mass is 9.94. The number of amides is 1. The van der Waals surface area contributed by atoms with E-state index in [0.29, 0.717) is 46.6 Å². The van der Waals surface area contributed by atoms with Crippen molar-refractivity contribution in [3.63, 3.8) is 0 Å². The largest absolute Gasteiger partial charge is 0.507 e. The monoisotopic (exact) mass is 529 g/mol. The Morgan fingerprint density at radius 2 is 1.64 bits per heavy atom. The summed E-state index contributed by atoms with van der Waals surface area (Å²) in [5, 5.41) is 11.5. The van der Waals surface area contributed by atoms with Gasteiger partial charge in [-0.3, -0.25) is 14.5 Å². The van der Waals surface area contributed by atoms with Crippen LogP contribution in [0.3, 0.4) is 0 Å². The summed E-state index contributed by atoms with van der Waals surface area (Å²) in [6, 6.07) is 18.5. The second-order valence-electron chi connectivity index (χ2n) is 10.3. The van der Waals surface area contributed by atoms with Gasteiger partial charge in [-0.1, -0.05) is 32.0 Å². The molecule has 1 fully saturated rings. The number of hydrogen-bond acceptors (Lipinski definition) is 6. The van der Waals surface area contributed by atoms with Gasteiger partial charge in [-0.2, -0.15) is 0 Å². The average Bonchev–Trinajstić information content (AvgIpc) is 3.17. The number of aliphatic hydroxyl groups is 1. The van der Waals surface area contributed by atoms with Gasteiger partial charge in [-0.05, 0) is 80.8 Å². The zero-order valence-electron chi connectivity index (χ0n) is 23.2. The van der Waals surface area contributed by atoms with Crippen LogP contribution in [0.2, 0.25) is 0 Å². The van der Waals surface area contributed by atoms with Crippen molar-refractivity contribution in [1.29, 1.82) is 0 Å². The number of ketones is 1. The van der Waals surface area contributed by atoms with Crippen LogP contribution in [-0.2, 0) is 9.59 Å². The average molecular weight is 530 g/mol. The lowest BCUT2D eigenvalue weighted by molar-refractivity contribution is -0.132. The highest BCUT2D eigenvalue weighted by atomic mass is 16.5. The molecule has 1 heterocycles. The van der Waals surface area contributed by atoms with Gasteiger partial charge in [0.05, 0.1) is 31.4 Å². The van der Waals surface area contributed by atoms with Crippen LogP contribution in [0.25, 0.3) is 5.76 Å². The van der Waals surface area contributed by atoms with Gasteiger partial charge in [0.25, 0.3) is 11.7 Å². The molecule has 1 aliphatic heterocycles. The van der Waals surface area contributed by atoms with Gasteiger partial charge in [0.1, 0.15) is 23.0 Å². The molecule has 1 saturated heterocycles. The molecule has 7 heteroatoms. The number of aliphatic hydroxyl groups excluding tert-OH is 1. The van der Waals surface area contributed by atoms with Crippen molar-refractivity contribution in [2.24, 2.45) is 5.92 Å². The van der Waals surface area contributed by atoms with Crippen molar-refractivity contribution in [3.05, 3.63) is 89.0 Å². The number of para-hydroxylation sites is 1. The molecule has 3 aromatic rings. The summed E-state index contributed by atoms with van der Waals surface area (Å²) in [4.78, 5) is 28.4. The molecule has 1 N–H and O–H groups in total. The molecule has 1 atom stereocenters. The molecule has 0 saturated carbocycles. The minimum absolute atomic E-state index is 0.00993. The van der Waals surface area contributed by atoms with Crippen molar-refractivity contribution in [2.75, 3.05) is 18.6 Å². The summed E-state index contributed by atoms with van der Waals surface area (Å²) < 4.78 is 17.2. The van der Waals surface area contributed by atoms with Crippen LogP contribution >= 0.6 is 0 Å². The van der Waals surface area contributed by atoms with Gasteiger partial charge in [0.15, 0.2) is 0 Å². The van der Waals surface area contributed by atoms with Gasteiger partial charge in [0.2, 0.25) is 0 Å². The summed E-state index contributed by atoms with van der Waals surface area (Å²) in [6.45, 7) is 10.4. The highest BCUT2D eigenvalue weighted by molar-refractivity contribution is 6.51. The number of anilines is 1. The van der Waals surface area contributed by atoms with Crippen LogP contribution in [0.1, 0.15) is 50.4 Å². The molecule has 1 aliphatic rings. The Bertz CT molecular complexity index is 1390. The van der Waals surface area contributed by atoms with Gasteiger partial charge in [-0.15, -0.1) is 0 Å². The lowest BCUT2D eigenvalue weighted by Crippen LogP contribution is -2.29. The first-order valence-corrected chi connectivity index (χ1v) is 13.1. The number of benzene rings is 3. The van der Waals surface area contributed by atoms with Gasteiger partial charge < -0.3 is 19.3 Å². The number of rotatable bonds is 9. The normalized spacial score (nSPS) is 16.7. The Balaban J connectivity index is 1.85. The summed E-state index contributed by atoms with van der Waals surface area (Å²) >= 11 is 0. The molecular weight excluding hydrogens is 494 g/mol. The highest BCUT2D eigenvalue weighted by Crippen LogP contribution is 2.45. The molecule has 1 unspecified atom stereocenters. The fourth-order valence-corrected chi connectivity index (χ4v) is 4.61. The molecule has 0 bridgehead atoms. The third kappa shape index (κ3) is 5.77. The molecule has 1 amide bonds. The number of ether oxygens (including phenoxy) is 3. The molecule has 7 nitrogen and oxygen atoms in total. The molecule has 0 spiro atoms. The second kappa shape index (κ2) is 11.6. The third-order valence-corrected chi connectivity index (χ3v) is 6.39. The maximum atomic E-state index is 13.5. The smallest absolute Gasteiger partial charge is 0.300 e. The summed E-state index contributed by atoms with van der Waals surface area (Å²) in [6.07, 6.45) is -0.00993. The SMILES string of the molecule is COc1ccccc1C1/C(=C(\O)c2ccc(OCC(C)C)c(C)c2)C(=O)C(=O)N1c1ccc(OC(C)C)cc1. The van der Waals surface area contributed by atoms with Crippen LogP contribution < -0.4 is 19.1 Å². The quantitative estimate of drug-likeness (QED) is 0.195. The first kappa shape index (κ1) is 27.8. The van der Waals surface area contributed by atoms with Gasteiger partial charge in [-0.25, -0.2) is 0 Å². The Labute approximate surface area is 229 Å². The Kier molecular flexibility index (Phi) is 8.29. The van der Waals surface area contributed by atoms with E-state index in [0.717, 1.165) is 5.56 Å². The van der Waals surface area contributed by atoms with Gasteiger partial charge >= 0.3 is 0 Å². The Hall–Kier alpha value is -4.26. The standard InChI is InChI=1S/C32H35NO6/c1-19(2)18-38-26-16-11-22(17-21(26)5)30(34)28-29(25-9-7-8-10-27(25)37-6)33(32(36)31(28)35)23-12-14-24(15-13-23)39-20(3)4/h7-17,19-20,29,34H,18H2,1-6H3/b30-28+. The zero-order chi connectivity index (χ0) is 28.3. The van der Waals surface area contributed by atoms with Crippen LogP contribution in [0.15, 0.2) is 72.3 Å². The number of nitrogens with zero attached hydrogens (tertiary/aromatic N) is 1. The number of methoxy groups -OCH3 is 1. The lowest BCUT2D eigenvalue weighted by Gasteiger charge is -2.27. The van der Waals surface area contributed by atoms with Crippen molar-refractivity contribution in [1.82, 2.24) is 0 Å². The van der Waals surface area contributed by atoms with E-state index in [-0.39, 0.29) is 17.4 Å². The molecule has 4 rings (SSSR count).